The van der Waals surface area contributed by atoms with Crippen molar-refractivity contribution in [2.45, 2.75) is 19.8 Å². The highest BCUT2D eigenvalue weighted by Crippen LogP contribution is 2.62. The van der Waals surface area contributed by atoms with E-state index in [1.807, 2.05) is 13.0 Å². The van der Waals surface area contributed by atoms with Crippen LogP contribution in [0, 0.1) is 28.6 Å². The number of rotatable bonds is 5. The molecule has 1 saturated carbocycles. The van der Waals surface area contributed by atoms with Crippen LogP contribution in [0.5, 0.6) is 0 Å². The predicted molar refractivity (Wildman–Crippen MR) is 66.7 cm³/mol. The van der Waals surface area contributed by atoms with Gasteiger partial charge >= 0.3 is 5.97 Å². The molecule has 0 aromatic rings. The third-order valence-electron chi connectivity index (χ3n) is 3.16. The number of Topliss-reactive ketones (excluding diaryl/α,β-unsaturated/α-hetero) is 1. The maximum atomic E-state index is 12.1. The maximum absolute atomic E-state index is 12.1. The summed E-state index contributed by atoms with van der Waals surface area (Å²) in [5.41, 5.74) is -1.21. The second-order valence-electron chi connectivity index (χ2n) is 4.15. The van der Waals surface area contributed by atoms with Crippen LogP contribution in [-0.2, 0) is 14.3 Å². The molecule has 1 fully saturated rings. The summed E-state index contributed by atoms with van der Waals surface area (Å²) in [5, 5.41) is 9.06. The van der Waals surface area contributed by atoms with Crippen molar-refractivity contribution < 1.29 is 14.3 Å². The van der Waals surface area contributed by atoms with Gasteiger partial charge in [0.1, 0.15) is 10.3 Å². The molecule has 0 saturated heterocycles. The van der Waals surface area contributed by atoms with Gasteiger partial charge in [-0.05, 0) is 12.5 Å². The van der Waals surface area contributed by atoms with Crippen LogP contribution in [0.15, 0.2) is 10.6 Å². The lowest BCUT2D eigenvalue weighted by Gasteiger charge is -2.10. The number of hydrogen-bond acceptors (Lipinski definition) is 4. The first-order chi connectivity index (χ1) is 8.45. The van der Waals surface area contributed by atoms with Crippen LogP contribution in [0.3, 0.4) is 0 Å². The third-order valence-corrected chi connectivity index (χ3v) is 3.37. The maximum Gasteiger partial charge on any atom is 0.311 e. The Morgan fingerprint density at radius 1 is 1.50 bits per heavy atom. The van der Waals surface area contributed by atoms with Gasteiger partial charge in [-0.15, -0.1) is 0 Å². The van der Waals surface area contributed by atoms with Crippen LogP contribution in [0.1, 0.15) is 19.8 Å². The molecule has 0 aliphatic heterocycles. The fraction of sp³-hybridized carbons (Fsp3) is 0.583. The number of ketones is 1. The van der Waals surface area contributed by atoms with E-state index in [9.17, 15) is 9.59 Å². The average molecular weight is 290 g/mol. The Morgan fingerprint density at radius 3 is 2.50 bits per heavy atom. The van der Waals surface area contributed by atoms with Gasteiger partial charge in [-0.2, -0.15) is 5.26 Å². The Bertz CT molecular complexity index is 437. The fourth-order valence-corrected chi connectivity index (χ4v) is 2.64. The van der Waals surface area contributed by atoms with Crippen LogP contribution in [0.25, 0.3) is 0 Å². The molecule has 0 amide bonds. The minimum Gasteiger partial charge on any atom is -0.469 e. The number of carbonyl (C=O) groups excluding carboxylic acids is 2. The molecule has 0 radical (unpaired) electrons. The highest BCUT2D eigenvalue weighted by Gasteiger charge is 2.72. The van der Waals surface area contributed by atoms with Gasteiger partial charge in [-0.3, -0.25) is 9.59 Å². The van der Waals surface area contributed by atoms with Gasteiger partial charge in [-0.25, -0.2) is 0 Å². The number of nitrogens with zero attached hydrogens (tertiary/aromatic N) is 1. The summed E-state index contributed by atoms with van der Waals surface area (Å²) in [4.78, 5) is 23.8. The Morgan fingerprint density at radius 2 is 2.11 bits per heavy atom. The lowest BCUT2D eigenvalue weighted by atomic mass is 9.93. The van der Waals surface area contributed by atoms with Crippen LogP contribution in [0.2, 0.25) is 0 Å². The second-order valence-corrected chi connectivity index (χ2v) is 5.16. The average Bonchev–Trinajstić information content (AvgIpc) is 2.96. The molecule has 0 N–H and O–H groups in total. The largest absolute Gasteiger partial charge is 0.469 e. The normalized spacial score (nSPS) is 29.1. The number of nitriles is 1. The summed E-state index contributed by atoms with van der Waals surface area (Å²) >= 11 is 11.2. The molecule has 0 heterocycles. The number of hydrogen-bond donors (Lipinski definition) is 0. The zero-order valence-corrected chi connectivity index (χ0v) is 11.6. The number of allylic oxidation sites excluding steroid dienone is 1. The highest BCUT2D eigenvalue weighted by molar-refractivity contribution is 6.56. The van der Waals surface area contributed by atoms with Gasteiger partial charge in [-0.1, -0.05) is 30.1 Å². The van der Waals surface area contributed by atoms with Gasteiger partial charge in [0, 0.05) is 6.42 Å². The molecular formula is C12H13Cl2NO3. The van der Waals surface area contributed by atoms with Crippen LogP contribution in [-0.4, -0.2) is 18.9 Å². The highest BCUT2D eigenvalue weighted by atomic mass is 35.5. The fourth-order valence-electron chi connectivity index (χ4n) is 2.28. The molecule has 0 aromatic heterocycles. The first-order valence-electron chi connectivity index (χ1n) is 5.50. The zero-order chi connectivity index (χ0) is 13.9. The molecule has 1 aliphatic rings. The molecule has 3 unspecified atom stereocenters. The minimum atomic E-state index is -1.21. The van der Waals surface area contributed by atoms with E-state index in [2.05, 4.69) is 4.74 Å². The van der Waals surface area contributed by atoms with E-state index in [0.29, 0.717) is 6.42 Å². The van der Waals surface area contributed by atoms with E-state index in [-0.39, 0.29) is 16.7 Å². The van der Waals surface area contributed by atoms with Crippen molar-refractivity contribution in [1.29, 1.82) is 5.26 Å². The molecule has 4 nitrogen and oxygen atoms in total. The number of ether oxygens (including phenoxy) is 1. The summed E-state index contributed by atoms with van der Waals surface area (Å²) in [6.07, 6.45) is 2.19. The van der Waals surface area contributed by atoms with Gasteiger partial charge < -0.3 is 4.74 Å². The van der Waals surface area contributed by atoms with Crippen molar-refractivity contribution >= 4 is 35.0 Å². The van der Waals surface area contributed by atoms with Crippen LogP contribution < -0.4 is 0 Å². The smallest absolute Gasteiger partial charge is 0.311 e. The molecule has 0 spiro atoms. The number of esters is 1. The van der Waals surface area contributed by atoms with E-state index < -0.39 is 23.2 Å². The van der Waals surface area contributed by atoms with Crippen LogP contribution >= 0.6 is 23.2 Å². The molecule has 1 rings (SSSR count). The molecule has 0 aromatic carbocycles. The van der Waals surface area contributed by atoms with Crippen LogP contribution in [0.4, 0.5) is 0 Å². The van der Waals surface area contributed by atoms with Gasteiger partial charge in [0.2, 0.25) is 0 Å². The number of halogens is 2. The molecule has 18 heavy (non-hydrogen) atoms. The zero-order valence-electron chi connectivity index (χ0n) is 10.1. The first kappa shape index (κ1) is 15.0. The summed E-state index contributed by atoms with van der Waals surface area (Å²) in [6, 6.07) is 1.96. The lowest BCUT2D eigenvalue weighted by Crippen LogP contribution is -2.20. The van der Waals surface area contributed by atoms with E-state index in [4.69, 9.17) is 28.5 Å². The third kappa shape index (κ3) is 2.38. The standard InChI is InChI=1S/C12H13Cl2NO3/c1-3-4-8(16)12(5-9(13)14)7(6-15)10(12)11(17)18-2/h5,7,10H,3-4H2,1-2H3. The topological polar surface area (TPSA) is 67.2 Å². The SMILES string of the molecule is CCCC(=O)C1(C=C(Cl)Cl)C(C#N)C1C(=O)OC. The van der Waals surface area contributed by atoms with Crippen molar-refractivity contribution in [3.8, 4) is 6.07 Å². The van der Waals surface area contributed by atoms with Crippen molar-refractivity contribution in [2.75, 3.05) is 7.11 Å². The predicted octanol–water partition coefficient (Wildman–Crippen LogP) is 2.60. The lowest BCUT2D eigenvalue weighted by molar-refractivity contribution is -0.144. The van der Waals surface area contributed by atoms with E-state index >= 15 is 0 Å². The summed E-state index contributed by atoms with van der Waals surface area (Å²) in [6.45, 7) is 1.84. The van der Waals surface area contributed by atoms with E-state index in [1.165, 1.54) is 13.2 Å². The Balaban J connectivity index is 3.16. The molecule has 98 valence electrons. The van der Waals surface area contributed by atoms with E-state index in [1.54, 1.807) is 0 Å². The number of carbonyl (C=O) groups is 2. The number of methoxy groups -OCH3 is 1. The molecule has 6 heteroatoms. The Hall–Kier alpha value is -1.05. The summed E-state index contributed by atoms with van der Waals surface area (Å²) < 4.78 is 4.49. The molecule has 1 aliphatic carbocycles. The second kappa shape index (κ2) is 5.73. The van der Waals surface area contributed by atoms with Gasteiger partial charge in [0.05, 0.1) is 30.4 Å². The van der Waals surface area contributed by atoms with Crippen molar-refractivity contribution in [3.05, 3.63) is 10.6 Å². The van der Waals surface area contributed by atoms with E-state index in [0.717, 1.165) is 0 Å². The van der Waals surface area contributed by atoms with Crippen molar-refractivity contribution in [2.24, 2.45) is 17.3 Å². The van der Waals surface area contributed by atoms with Gasteiger partial charge in [0.15, 0.2) is 0 Å². The summed E-state index contributed by atoms with van der Waals surface area (Å²) in [5.74, 6) is -2.35. The Labute approximate surface area is 115 Å². The molecular weight excluding hydrogens is 277 g/mol. The Kier molecular flexibility index (Phi) is 4.78. The van der Waals surface area contributed by atoms with Crippen molar-refractivity contribution in [1.82, 2.24) is 0 Å². The monoisotopic (exact) mass is 289 g/mol. The quantitative estimate of drug-likeness (QED) is 0.730. The molecule has 3 atom stereocenters. The summed E-state index contributed by atoms with van der Waals surface area (Å²) in [7, 11) is 1.22. The first-order valence-corrected chi connectivity index (χ1v) is 6.25. The minimum absolute atomic E-state index is 0.119. The van der Waals surface area contributed by atoms with Crippen molar-refractivity contribution in [3.63, 3.8) is 0 Å². The van der Waals surface area contributed by atoms with Gasteiger partial charge in [0.25, 0.3) is 0 Å². The molecule has 0 bridgehead atoms.